The van der Waals surface area contributed by atoms with Gasteiger partial charge in [0.05, 0.1) is 18.7 Å². The summed E-state index contributed by atoms with van der Waals surface area (Å²) in [6, 6.07) is 24.6. The molecule has 3 aromatic carbocycles. The predicted octanol–water partition coefficient (Wildman–Crippen LogP) is 4.48. The second kappa shape index (κ2) is 8.80. The molecule has 4 rings (SSSR count). The fourth-order valence-electron chi connectivity index (χ4n) is 3.84. The third kappa shape index (κ3) is 3.83. The van der Waals surface area contributed by atoms with E-state index in [1.807, 2.05) is 6.07 Å². The van der Waals surface area contributed by atoms with Crippen LogP contribution in [-0.4, -0.2) is 35.1 Å². The van der Waals surface area contributed by atoms with Crippen molar-refractivity contribution in [2.75, 3.05) is 18.7 Å². The Hall–Kier alpha value is -3.71. The molecule has 0 aromatic heterocycles. The van der Waals surface area contributed by atoms with Gasteiger partial charge in [0.15, 0.2) is 4.87 Å². The molecule has 0 aliphatic carbocycles. The van der Waals surface area contributed by atoms with E-state index in [1.165, 1.54) is 5.01 Å². The minimum atomic E-state index is -1.78. The van der Waals surface area contributed by atoms with Crippen LogP contribution in [0.5, 0.6) is 5.75 Å². The van der Waals surface area contributed by atoms with Gasteiger partial charge in [-0.1, -0.05) is 48.5 Å². The van der Waals surface area contributed by atoms with E-state index in [4.69, 9.17) is 16.3 Å². The van der Waals surface area contributed by atoms with Gasteiger partial charge >= 0.3 is 0 Å². The Morgan fingerprint density at radius 1 is 1.03 bits per heavy atom. The number of carbonyl (C=O) groups excluding carboxylic acids is 1. The monoisotopic (exact) mass is 449 g/mol. The number of nitrogens with zero attached hydrogens (tertiary/aromatic N) is 3. The molecule has 1 aliphatic heterocycles. The number of alkyl halides is 1. The van der Waals surface area contributed by atoms with Crippen LogP contribution in [0.25, 0.3) is 0 Å². The first-order chi connectivity index (χ1) is 15.4. The van der Waals surface area contributed by atoms with E-state index in [0.717, 1.165) is 0 Å². The number of para-hydroxylation sites is 1. The van der Waals surface area contributed by atoms with Crippen molar-refractivity contribution in [3.05, 3.63) is 106 Å². The lowest BCUT2D eigenvalue weighted by molar-refractivity contribution is -0.483. The summed E-state index contributed by atoms with van der Waals surface area (Å²) in [6.07, 6.45) is 0. The standard InChI is InChI=1S/C24H20ClN3O4/c1-32-20-14-12-18(13-15-20)22-24(25,21(16-27(30)31)17-8-4-2-5-9-17)23(29)28(26-22)19-10-6-3-7-11-19/h2-15,21H,16H2,1H3. The highest BCUT2D eigenvalue weighted by Gasteiger charge is 2.58. The molecule has 0 saturated heterocycles. The Kier molecular flexibility index (Phi) is 5.92. The highest BCUT2D eigenvalue weighted by molar-refractivity contribution is 6.53. The van der Waals surface area contributed by atoms with E-state index in [0.29, 0.717) is 22.6 Å². The van der Waals surface area contributed by atoms with Gasteiger partial charge in [-0.2, -0.15) is 10.1 Å². The van der Waals surface area contributed by atoms with Crippen LogP contribution in [0.3, 0.4) is 0 Å². The number of ether oxygens (including phenoxy) is 1. The Labute approximate surface area is 190 Å². The molecule has 3 aromatic rings. The van der Waals surface area contributed by atoms with E-state index in [9.17, 15) is 14.9 Å². The summed E-state index contributed by atoms with van der Waals surface area (Å²) in [4.78, 5) is 23.2. The molecular weight excluding hydrogens is 430 g/mol. The first kappa shape index (κ1) is 21.5. The smallest absolute Gasteiger partial charge is 0.275 e. The molecule has 2 atom stereocenters. The predicted molar refractivity (Wildman–Crippen MR) is 123 cm³/mol. The zero-order valence-electron chi connectivity index (χ0n) is 17.2. The first-order valence-electron chi connectivity index (χ1n) is 9.94. The number of nitro groups is 1. The van der Waals surface area contributed by atoms with Gasteiger partial charge in [-0.15, -0.1) is 11.6 Å². The van der Waals surface area contributed by atoms with Gasteiger partial charge in [0.1, 0.15) is 11.5 Å². The van der Waals surface area contributed by atoms with Crippen molar-refractivity contribution in [3.8, 4) is 5.75 Å². The number of hydrogen-bond donors (Lipinski definition) is 0. The lowest BCUT2D eigenvalue weighted by atomic mass is 9.79. The molecule has 32 heavy (non-hydrogen) atoms. The van der Waals surface area contributed by atoms with Gasteiger partial charge in [-0.25, -0.2) is 0 Å². The minimum Gasteiger partial charge on any atom is -0.497 e. The molecular formula is C24H20ClN3O4. The maximum absolute atomic E-state index is 13.8. The molecule has 0 bridgehead atoms. The van der Waals surface area contributed by atoms with E-state index < -0.39 is 28.2 Å². The van der Waals surface area contributed by atoms with Crippen molar-refractivity contribution in [1.82, 2.24) is 0 Å². The molecule has 8 heteroatoms. The minimum absolute atomic E-state index is 0.256. The zero-order valence-corrected chi connectivity index (χ0v) is 18.0. The highest BCUT2D eigenvalue weighted by Crippen LogP contribution is 2.44. The quantitative estimate of drug-likeness (QED) is 0.302. The van der Waals surface area contributed by atoms with Crippen LogP contribution in [0.15, 0.2) is 90.0 Å². The van der Waals surface area contributed by atoms with Crippen LogP contribution in [-0.2, 0) is 4.79 Å². The van der Waals surface area contributed by atoms with E-state index in [-0.39, 0.29) is 5.71 Å². The van der Waals surface area contributed by atoms with E-state index >= 15 is 0 Å². The number of hydrogen-bond acceptors (Lipinski definition) is 5. The van der Waals surface area contributed by atoms with Gasteiger partial charge in [-0.05, 0) is 42.0 Å². The number of anilines is 1. The molecule has 0 saturated carbocycles. The Morgan fingerprint density at radius 3 is 2.19 bits per heavy atom. The topological polar surface area (TPSA) is 85.0 Å². The van der Waals surface area contributed by atoms with Gasteiger partial charge in [0, 0.05) is 10.5 Å². The van der Waals surface area contributed by atoms with Crippen molar-refractivity contribution >= 4 is 28.9 Å². The van der Waals surface area contributed by atoms with Crippen LogP contribution >= 0.6 is 11.6 Å². The SMILES string of the molecule is COc1ccc(C2=NN(c3ccccc3)C(=O)C2(Cl)C(C[N+](=O)[O-])c2ccccc2)cc1. The summed E-state index contributed by atoms with van der Waals surface area (Å²) >= 11 is 7.13. The average molecular weight is 450 g/mol. The average Bonchev–Trinajstić information content (AvgIpc) is 3.10. The van der Waals surface area contributed by atoms with Crippen LogP contribution < -0.4 is 9.75 Å². The van der Waals surface area contributed by atoms with Crippen molar-refractivity contribution in [2.45, 2.75) is 10.8 Å². The molecule has 1 aliphatic rings. The number of hydrazone groups is 1. The van der Waals surface area contributed by atoms with E-state index in [1.54, 1.807) is 86.0 Å². The molecule has 0 radical (unpaired) electrons. The molecule has 0 spiro atoms. The summed E-state index contributed by atoms with van der Waals surface area (Å²) in [7, 11) is 1.55. The number of halogens is 1. The van der Waals surface area contributed by atoms with Gasteiger partial charge in [0.25, 0.3) is 5.91 Å². The van der Waals surface area contributed by atoms with E-state index in [2.05, 4.69) is 5.10 Å². The number of methoxy groups -OCH3 is 1. The molecule has 1 heterocycles. The summed E-state index contributed by atoms with van der Waals surface area (Å²) in [5, 5.41) is 17.4. The van der Waals surface area contributed by atoms with Crippen molar-refractivity contribution in [1.29, 1.82) is 0 Å². The highest BCUT2D eigenvalue weighted by atomic mass is 35.5. The number of benzene rings is 3. The van der Waals surface area contributed by atoms with Crippen LogP contribution in [0.2, 0.25) is 0 Å². The van der Waals surface area contributed by atoms with Crippen LogP contribution in [0.1, 0.15) is 17.0 Å². The normalized spacial score (nSPS) is 18.9. The Bertz CT molecular complexity index is 1150. The fourth-order valence-corrected chi connectivity index (χ4v) is 4.27. The zero-order chi connectivity index (χ0) is 22.7. The molecule has 0 N–H and O–H groups in total. The van der Waals surface area contributed by atoms with Gasteiger partial charge in [-0.3, -0.25) is 14.9 Å². The number of amides is 1. The second-order valence-corrected chi connectivity index (χ2v) is 7.92. The number of rotatable bonds is 7. The van der Waals surface area contributed by atoms with Crippen molar-refractivity contribution in [2.24, 2.45) is 5.10 Å². The summed E-state index contributed by atoms with van der Waals surface area (Å²) < 4.78 is 5.23. The third-order valence-electron chi connectivity index (χ3n) is 5.43. The summed E-state index contributed by atoms with van der Waals surface area (Å²) in [6.45, 7) is -0.531. The number of carbonyl (C=O) groups is 1. The molecule has 2 unspecified atom stereocenters. The molecule has 7 nitrogen and oxygen atoms in total. The lowest BCUT2D eigenvalue weighted by Crippen LogP contribution is -2.49. The summed E-state index contributed by atoms with van der Waals surface area (Å²) in [5.41, 5.74) is 1.95. The Morgan fingerprint density at radius 2 is 1.62 bits per heavy atom. The van der Waals surface area contributed by atoms with Crippen LogP contribution in [0.4, 0.5) is 5.69 Å². The maximum atomic E-state index is 13.8. The fraction of sp³-hybridized carbons (Fsp3) is 0.167. The second-order valence-electron chi connectivity index (χ2n) is 7.32. The van der Waals surface area contributed by atoms with Crippen molar-refractivity contribution < 1.29 is 14.5 Å². The molecule has 1 amide bonds. The van der Waals surface area contributed by atoms with Gasteiger partial charge < -0.3 is 4.74 Å². The van der Waals surface area contributed by atoms with Crippen LogP contribution in [0, 0.1) is 10.1 Å². The third-order valence-corrected chi connectivity index (χ3v) is 6.03. The Balaban J connectivity index is 1.90. The lowest BCUT2D eigenvalue weighted by Gasteiger charge is -2.29. The molecule has 0 fully saturated rings. The van der Waals surface area contributed by atoms with Crippen molar-refractivity contribution in [3.63, 3.8) is 0 Å². The molecule has 162 valence electrons. The largest absolute Gasteiger partial charge is 0.497 e. The van der Waals surface area contributed by atoms with Gasteiger partial charge in [0.2, 0.25) is 6.54 Å². The summed E-state index contributed by atoms with van der Waals surface area (Å²) in [5.74, 6) is -0.849. The maximum Gasteiger partial charge on any atom is 0.275 e. The first-order valence-corrected chi connectivity index (χ1v) is 10.3.